The van der Waals surface area contributed by atoms with Gasteiger partial charge in [-0.25, -0.2) is 4.98 Å². The van der Waals surface area contributed by atoms with Gasteiger partial charge in [-0.1, -0.05) is 23.2 Å². The van der Waals surface area contributed by atoms with E-state index in [1.54, 1.807) is 18.2 Å². The lowest BCUT2D eigenvalue weighted by atomic mass is 10.2. The zero-order valence-electron chi connectivity index (χ0n) is 10.2. The third kappa shape index (κ3) is 3.69. The molecule has 0 radical (unpaired) electrons. The largest absolute Gasteiger partial charge is 0.469 e. The molecule has 0 atom stereocenters. The van der Waals surface area contributed by atoms with Crippen LogP contribution in [0.3, 0.4) is 0 Å². The molecule has 100 valence electrons. The molecule has 3 nitrogen and oxygen atoms in total. The summed E-state index contributed by atoms with van der Waals surface area (Å²) >= 11 is 13.6. The third-order valence-electron chi connectivity index (χ3n) is 2.52. The summed E-state index contributed by atoms with van der Waals surface area (Å²) in [6, 6.07) is 5.26. The summed E-state index contributed by atoms with van der Waals surface area (Å²) in [5.41, 5.74) is 1.66. The molecule has 0 fully saturated rings. The number of esters is 1. The molecule has 1 heterocycles. The first kappa shape index (κ1) is 14.3. The number of aromatic nitrogens is 1. The molecule has 2 aromatic rings. The second-order valence-corrected chi connectivity index (χ2v) is 5.55. The Hall–Kier alpha value is -1.10. The molecule has 0 N–H and O–H groups in total. The Balaban J connectivity index is 2.16. The van der Waals surface area contributed by atoms with Crippen LogP contribution in [0.5, 0.6) is 0 Å². The number of halogens is 2. The van der Waals surface area contributed by atoms with E-state index in [0.29, 0.717) is 22.9 Å². The number of nitrogens with zero attached hydrogens (tertiary/aromatic N) is 1. The molecule has 0 aliphatic carbocycles. The van der Waals surface area contributed by atoms with Crippen LogP contribution in [-0.2, 0) is 16.0 Å². The number of carbonyl (C=O) groups is 1. The molecule has 0 saturated heterocycles. The standard InChI is InChI=1S/C13H11Cl2NO2S/c1-18-12(17)5-3-9-7-19-13(16-9)10-6-8(14)2-4-11(10)15/h2,4,6-7H,3,5H2,1H3. The predicted molar refractivity (Wildman–Crippen MR) is 77.9 cm³/mol. The summed E-state index contributed by atoms with van der Waals surface area (Å²) < 4.78 is 4.60. The van der Waals surface area contributed by atoms with Crippen LogP contribution in [0.1, 0.15) is 12.1 Å². The second kappa shape index (κ2) is 6.37. The minimum atomic E-state index is -0.240. The Labute approximate surface area is 125 Å². The Morgan fingerprint density at radius 3 is 2.95 bits per heavy atom. The number of hydrogen-bond acceptors (Lipinski definition) is 4. The fourth-order valence-corrected chi connectivity index (χ4v) is 2.86. The number of carbonyl (C=O) groups excluding carboxylic acids is 1. The molecule has 0 aliphatic heterocycles. The maximum atomic E-state index is 11.1. The minimum absolute atomic E-state index is 0.240. The van der Waals surface area contributed by atoms with E-state index in [4.69, 9.17) is 23.2 Å². The van der Waals surface area contributed by atoms with Crippen LogP contribution in [0, 0.1) is 0 Å². The Morgan fingerprint density at radius 1 is 1.42 bits per heavy atom. The van der Waals surface area contributed by atoms with E-state index in [1.165, 1.54) is 18.4 Å². The van der Waals surface area contributed by atoms with Crippen LogP contribution in [0.4, 0.5) is 0 Å². The summed E-state index contributed by atoms with van der Waals surface area (Å²) in [6.07, 6.45) is 0.879. The van der Waals surface area contributed by atoms with Gasteiger partial charge in [-0.15, -0.1) is 11.3 Å². The number of rotatable bonds is 4. The smallest absolute Gasteiger partial charge is 0.305 e. The number of benzene rings is 1. The number of ether oxygens (including phenoxy) is 1. The van der Waals surface area contributed by atoms with Crippen LogP contribution < -0.4 is 0 Å². The molecule has 19 heavy (non-hydrogen) atoms. The molecule has 0 bridgehead atoms. The second-order valence-electron chi connectivity index (χ2n) is 3.84. The lowest BCUT2D eigenvalue weighted by Gasteiger charge is -2.00. The van der Waals surface area contributed by atoms with E-state index in [2.05, 4.69) is 9.72 Å². The molecule has 0 spiro atoms. The Kier molecular flexibility index (Phi) is 4.80. The summed E-state index contributed by atoms with van der Waals surface area (Å²) in [7, 11) is 1.38. The molecular formula is C13H11Cl2NO2S. The zero-order chi connectivity index (χ0) is 13.8. The summed E-state index contributed by atoms with van der Waals surface area (Å²) in [4.78, 5) is 15.5. The van der Waals surface area contributed by atoms with Crippen LogP contribution in [0.15, 0.2) is 23.6 Å². The maximum absolute atomic E-state index is 11.1. The first-order valence-corrected chi connectivity index (χ1v) is 7.20. The van der Waals surface area contributed by atoms with Gasteiger partial charge in [-0.05, 0) is 18.2 Å². The van der Waals surface area contributed by atoms with Crippen molar-refractivity contribution in [1.82, 2.24) is 4.98 Å². The van der Waals surface area contributed by atoms with E-state index in [1.807, 2.05) is 5.38 Å². The van der Waals surface area contributed by atoms with Gasteiger partial charge in [0.15, 0.2) is 0 Å². The van der Waals surface area contributed by atoms with Crippen LogP contribution >= 0.6 is 34.5 Å². The van der Waals surface area contributed by atoms with E-state index >= 15 is 0 Å². The third-order valence-corrected chi connectivity index (χ3v) is 4.01. The van der Waals surface area contributed by atoms with Crippen molar-refractivity contribution in [2.45, 2.75) is 12.8 Å². The van der Waals surface area contributed by atoms with Gasteiger partial charge >= 0.3 is 5.97 Å². The lowest BCUT2D eigenvalue weighted by Crippen LogP contribution is -2.01. The van der Waals surface area contributed by atoms with Gasteiger partial charge in [0.2, 0.25) is 0 Å². The maximum Gasteiger partial charge on any atom is 0.305 e. The lowest BCUT2D eigenvalue weighted by molar-refractivity contribution is -0.140. The highest BCUT2D eigenvalue weighted by molar-refractivity contribution is 7.13. The summed E-state index contributed by atoms with van der Waals surface area (Å²) in [5, 5.41) is 3.94. The van der Waals surface area contributed by atoms with Crippen LogP contribution in [0.25, 0.3) is 10.6 Å². The van der Waals surface area contributed by atoms with E-state index in [-0.39, 0.29) is 5.97 Å². The zero-order valence-corrected chi connectivity index (χ0v) is 12.5. The monoisotopic (exact) mass is 315 g/mol. The highest BCUT2D eigenvalue weighted by Gasteiger charge is 2.10. The molecule has 2 rings (SSSR count). The van der Waals surface area contributed by atoms with Crippen molar-refractivity contribution in [2.24, 2.45) is 0 Å². The van der Waals surface area contributed by atoms with Crippen molar-refractivity contribution in [3.8, 4) is 10.6 Å². The first-order chi connectivity index (χ1) is 9.10. The topological polar surface area (TPSA) is 39.2 Å². The van der Waals surface area contributed by atoms with Crippen LogP contribution in [0.2, 0.25) is 10.0 Å². The fraction of sp³-hybridized carbons (Fsp3) is 0.231. The van der Waals surface area contributed by atoms with Crippen molar-refractivity contribution in [2.75, 3.05) is 7.11 Å². The highest BCUT2D eigenvalue weighted by atomic mass is 35.5. The molecule has 0 aliphatic rings. The number of aryl methyl sites for hydroxylation is 1. The number of thiazole rings is 1. The fourth-order valence-electron chi connectivity index (χ4n) is 1.54. The minimum Gasteiger partial charge on any atom is -0.469 e. The van der Waals surface area contributed by atoms with Gasteiger partial charge in [-0.2, -0.15) is 0 Å². The van der Waals surface area contributed by atoms with Gasteiger partial charge in [-0.3, -0.25) is 4.79 Å². The van der Waals surface area contributed by atoms with Crippen LogP contribution in [-0.4, -0.2) is 18.1 Å². The summed E-state index contributed by atoms with van der Waals surface area (Å²) in [5.74, 6) is -0.240. The number of methoxy groups -OCH3 is 1. The van der Waals surface area contributed by atoms with Gasteiger partial charge < -0.3 is 4.74 Å². The van der Waals surface area contributed by atoms with Gasteiger partial charge in [0, 0.05) is 22.4 Å². The van der Waals surface area contributed by atoms with Crippen molar-refractivity contribution >= 4 is 40.5 Å². The summed E-state index contributed by atoms with van der Waals surface area (Å²) in [6.45, 7) is 0. The van der Waals surface area contributed by atoms with Crippen molar-refractivity contribution < 1.29 is 9.53 Å². The Bertz CT molecular complexity index is 598. The van der Waals surface area contributed by atoms with E-state index < -0.39 is 0 Å². The average Bonchev–Trinajstić information content (AvgIpc) is 2.87. The van der Waals surface area contributed by atoms with Gasteiger partial charge in [0.25, 0.3) is 0 Å². The van der Waals surface area contributed by atoms with Gasteiger partial charge in [0.05, 0.1) is 24.2 Å². The molecular weight excluding hydrogens is 305 g/mol. The normalized spacial score (nSPS) is 10.5. The van der Waals surface area contributed by atoms with Crippen molar-refractivity contribution in [3.63, 3.8) is 0 Å². The van der Waals surface area contributed by atoms with E-state index in [0.717, 1.165) is 16.3 Å². The highest BCUT2D eigenvalue weighted by Crippen LogP contribution is 2.32. The number of hydrogen-bond donors (Lipinski definition) is 0. The molecule has 0 unspecified atom stereocenters. The predicted octanol–water partition coefficient (Wildman–Crippen LogP) is 4.22. The molecule has 1 aromatic heterocycles. The van der Waals surface area contributed by atoms with Gasteiger partial charge in [0.1, 0.15) is 5.01 Å². The average molecular weight is 316 g/mol. The molecule has 0 amide bonds. The SMILES string of the molecule is COC(=O)CCc1csc(-c2cc(Cl)ccc2Cl)n1. The Morgan fingerprint density at radius 2 is 2.21 bits per heavy atom. The van der Waals surface area contributed by atoms with E-state index in [9.17, 15) is 4.79 Å². The quantitative estimate of drug-likeness (QED) is 0.793. The molecule has 6 heteroatoms. The molecule has 1 aromatic carbocycles. The van der Waals surface area contributed by atoms with Crippen molar-refractivity contribution in [3.05, 3.63) is 39.3 Å². The first-order valence-electron chi connectivity index (χ1n) is 5.57. The molecule has 0 saturated carbocycles. The van der Waals surface area contributed by atoms with Crippen molar-refractivity contribution in [1.29, 1.82) is 0 Å².